The van der Waals surface area contributed by atoms with E-state index >= 15 is 0 Å². The third kappa shape index (κ3) is 4.43. The van der Waals surface area contributed by atoms with Gasteiger partial charge in [-0.25, -0.2) is 0 Å². The lowest BCUT2D eigenvalue weighted by Crippen LogP contribution is -2.22. The smallest absolute Gasteiger partial charge is 0.271 e. The topological polar surface area (TPSA) is 101 Å². The minimum atomic E-state index is -0.538. The van der Waals surface area contributed by atoms with Gasteiger partial charge < -0.3 is 10.2 Å². The van der Waals surface area contributed by atoms with Crippen molar-refractivity contribution in [1.29, 1.82) is 0 Å². The molecule has 138 valence electrons. The molecule has 1 atom stereocenters. The Morgan fingerprint density at radius 3 is 2.81 bits per heavy atom. The molecular formula is C15H16ClN5O3S2. The van der Waals surface area contributed by atoms with Gasteiger partial charge >= 0.3 is 0 Å². The summed E-state index contributed by atoms with van der Waals surface area (Å²) in [6.45, 7) is 3.75. The molecule has 0 bridgehead atoms. The quantitative estimate of drug-likeness (QED) is 0.436. The van der Waals surface area contributed by atoms with Crippen molar-refractivity contribution in [3.63, 3.8) is 0 Å². The van der Waals surface area contributed by atoms with Crippen LogP contribution in [0.4, 0.5) is 16.5 Å². The van der Waals surface area contributed by atoms with Gasteiger partial charge in [0.15, 0.2) is 4.34 Å². The number of carbonyl (C=O) groups is 1. The number of nitro benzene ring substituents is 1. The molecule has 8 nitrogen and oxygen atoms in total. The molecule has 1 aromatic carbocycles. The number of halogens is 1. The summed E-state index contributed by atoms with van der Waals surface area (Å²) in [6, 6.07) is 3.93. The zero-order valence-corrected chi connectivity index (χ0v) is 16.2. The molecule has 1 amide bonds. The molecule has 3 rings (SSSR count). The van der Waals surface area contributed by atoms with Gasteiger partial charge in [-0.05, 0) is 25.8 Å². The largest absolute Gasteiger partial charge is 0.347 e. The van der Waals surface area contributed by atoms with Crippen LogP contribution in [0.1, 0.15) is 19.8 Å². The van der Waals surface area contributed by atoms with E-state index in [0.717, 1.165) is 35.4 Å². The number of aromatic nitrogens is 2. The zero-order valence-electron chi connectivity index (χ0n) is 13.8. The number of rotatable bonds is 6. The molecular weight excluding hydrogens is 398 g/mol. The van der Waals surface area contributed by atoms with Crippen molar-refractivity contribution in [3.8, 4) is 0 Å². The molecule has 0 aliphatic carbocycles. The Morgan fingerprint density at radius 1 is 1.42 bits per heavy atom. The van der Waals surface area contributed by atoms with Crippen LogP contribution in [-0.4, -0.2) is 39.4 Å². The average Bonchev–Trinajstić information content (AvgIpc) is 3.27. The van der Waals surface area contributed by atoms with Crippen molar-refractivity contribution >= 4 is 57.1 Å². The number of hydrogen-bond donors (Lipinski definition) is 1. The second kappa shape index (κ2) is 8.19. The minimum Gasteiger partial charge on any atom is -0.347 e. The molecule has 0 spiro atoms. The Bertz CT molecular complexity index is 825. The summed E-state index contributed by atoms with van der Waals surface area (Å²) < 4.78 is 0.726. The number of non-ortho nitro benzene ring substituents is 1. The van der Waals surface area contributed by atoms with Gasteiger partial charge in [-0.15, -0.1) is 10.2 Å². The Balaban J connectivity index is 1.60. The van der Waals surface area contributed by atoms with Crippen molar-refractivity contribution in [2.75, 3.05) is 23.3 Å². The monoisotopic (exact) mass is 413 g/mol. The summed E-state index contributed by atoms with van der Waals surface area (Å²) in [5.41, 5.74) is 0.212. The lowest BCUT2D eigenvalue weighted by atomic mass is 10.2. The molecule has 1 aliphatic heterocycles. The molecule has 1 aliphatic rings. The molecule has 1 saturated heterocycles. The third-order valence-electron chi connectivity index (χ3n) is 3.84. The molecule has 1 aromatic heterocycles. The van der Waals surface area contributed by atoms with Gasteiger partial charge in [0.1, 0.15) is 0 Å². The van der Waals surface area contributed by atoms with Crippen LogP contribution in [0.3, 0.4) is 0 Å². The van der Waals surface area contributed by atoms with E-state index in [4.69, 9.17) is 11.6 Å². The number of nitro groups is 1. The number of anilines is 2. The van der Waals surface area contributed by atoms with Gasteiger partial charge in [0.25, 0.3) is 5.69 Å². The van der Waals surface area contributed by atoms with Crippen LogP contribution >= 0.6 is 34.7 Å². The Labute approximate surface area is 163 Å². The van der Waals surface area contributed by atoms with E-state index in [1.807, 2.05) is 0 Å². The average molecular weight is 414 g/mol. The highest BCUT2D eigenvalue weighted by Crippen LogP contribution is 2.33. The molecule has 2 aromatic rings. The number of thioether (sulfide) groups is 1. The number of carbonyl (C=O) groups excluding carboxylic acids is 1. The van der Waals surface area contributed by atoms with Crippen molar-refractivity contribution in [2.24, 2.45) is 0 Å². The summed E-state index contributed by atoms with van der Waals surface area (Å²) >= 11 is 8.80. The molecule has 26 heavy (non-hydrogen) atoms. The summed E-state index contributed by atoms with van der Waals surface area (Å²) in [7, 11) is 0. The van der Waals surface area contributed by atoms with E-state index in [9.17, 15) is 14.9 Å². The highest BCUT2D eigenvalue weighted by atomic mass is 35.5. The first-order chi connectivity index (χ1) is 12.4. The van der Waals surface area contributed by atoms with Crippen LogP contribution < -0.4 is 10.2 Å². The van der Waals surface area contributed by atoms with Crippen molar-refractivity contribution in [1.82, 2.24) is 10.2 Å². The summed E-state index contributed by atoms with van der Waals surface area (Å²) in [5.74, 6) is -0.260. The van der Waals surface area contributed by atoms with Crippen molar-refractivity contribution in [2.45, 2.75) is 29.4 Å². The van der Waals surface area contributed by atoms with Crippen molar-refractivity contribution < 1.29 is 9.72 Å². The highest BCUT2D eigenvalue weighted by Gasteiger charge is 2.21. The fraction of sp³-hybridized carbons (Fsp3) is 0.400. The lowest BCUT2D eigenvalue weighted by Gasteiger charge is -2.12. The third-order valence-corrected chi connectivity index (χ3v) is 6.32. The Hall–Kier alpha value is -1.91. The van der Waals surface area contributed by atoms with Crippen LogP contribution in [0, 0.1) is 10.1 Å². The molecule has 1 unspecified atom stereocenters. The predicted octanol–water partition coefficient (Wildman–Crippen LogP) is 3.82. The highest BCUT2D eigenvalue weighted by molar-refractivity contribution is 8.02. The maximum absolute atomic E-state index is 12.4. The van der Waals surface area contributed by atoms with Gasteiger partial charge in [-0.2, -0.15) is 0 Å². The number of nitrogens with zero attached hydrogens (tertiary/aromatic N) is 4. The maximum atomic E-state index is 12.4. The fourth-order valence-electron chi connectivity index (χ4n) is 2.44. The second-order valence-electron chi connectivity index (χ2n) is 5.72. The van der Waals surface area contributed by atoms with E-state index in [-0.39, 0.29) is 16.6 Å². The molecule has 1 fully saturated rings. The van der Waals surface area contributed by atoms with Crippen LogP contribution in [0.2, 0.25) is 5.02 Å². The van der Waals surface area contributed by atoms with Crippen LogP contribution in [0.25, 0.3) is 0 Å². The standard InChI is InChI=1S/C15H16ClN5O3S2/c1-9(25-15-19-18-14(26-15)20-6-2-3-7-20)13(22)17-12-5-4-10(21(23)24)8-11(12)16/h4-5,8-9H,2-3,6-7H2,1H3,(H,17,22). The lowest BCUT2D eigenvalue weighted by molar-refractivity contribution is -0.384. The second-order valence-corrected chi connectivity index (χ2v) is 8.67. The number of hydrogen-bond acceptors (Lipinski definition) is 8. The molecule has 11 heteroatoms. The van der Waals surface area contributed by atoms with E-state index in [2.05, 4.69) is 20.4 Å². The van der Waals surface area contributed by atoms with E-state index in [1.165, 1.54) is 41.3 Å². The Morgan fingerprint density at radius 2 is 2.15 bits per heavy atom. The van der Waals surface area contributed by atoms with Crippen LogP contribution in [0.5, 0.6) is 0 Å². The van der Waals surface area contributed by atoms with Gasteiger partial charge in [-0.1, -0.05) is 34.7 Å². The molecule has 0 saturated carbocycles. The predicted molar refractivity (Wildman–Crippen MR) is 103 cm³/mol. The fourth-order valence-corrected chi connectivity index (χ4v) is 4.70. The summed E-state index contributed by atoms with van der Waals surface area (Å²) in [6.07, 6.45) is 2.33. The van der Waals surface area contributed by atoms with E-state index < -0.39 is 10.2 Å². The normalized spacial score (nSPS) is 15.1. The van der Waals surface area contributed by atoms with Gasteiger partial charge in [0.2, 0.25) is 11.0 Å². The zero-order chi connectivity index (χ0) is 18.7. The molecule has 2 heterocycles. The SMILES string of the molecule is CC(Sc1nnc(N2CCCC2)s1)C(=O)Nc1ccc([N+](=O)[O-])cc1Cl. The number of benzene rings is 1. The molecule has 1 N–H and O–H groups in total. The van der Waals surface area contributed by atoms with Gasteiger partial charge in [0.05, 0.1) is 20.9 Å². The number of amides is 1. The van der Waals surface area contributed by atoms with E-state index in [1.54, 1.807) is 6.92 Å². The van der Waals surface area contributed by atoms with Crippen molar-refractivity contribution in [3.05, 3.63) is 33.3 Å². The number of nitrogens with one attached hydrogen (secondary N) is 1. The first-order valence-electron chi connectivity index (χ1n) is 7.94. The summed E-state index contributed by atoms with van der Waals surface area (Å²) in [5, 5.41) is 22.4. The maximum Gasteiger partial charge on any atom is 0.271 e. The van der Waals surface area contributed by atoms with Gasteiger partial charge in [-0.3, -0.25) is 14.9 Å². The van der Waals surface area contributed by atoms with Crippen LogP contribution in [0.15, 0.2) is 22.5 Å². The van der Waals surface area contributed by atoms with Gasteiger partial charge in [0, 0.05) is 25.2 Å². The first kappa shape index (κ1) is 18.9. The van der Waals surface area contributed by atoms with Crippen LogP contribution in [-0.2, 0) is 4.79 Å². The van der Waals surface area contributed by atoms with E-state index in [0.29, 0.717) is 5.69 Å². The molecule has 0 radical (unpaired) electrons. The minimum absolute atomic E-state index is 0.122. The summed E-state index contributed by atoms with van der Waals surface area (Å²) in [4.78, 5) is 24.8. The first-order valence-corrected chi connectivity index (χ1v) is 10.0. The Kier molecular flexibility index (Phi) is 5.94.